The first kappa shape index (κ1) is 20.9. The first-order valence-corrected chi connectivity index (χ1v) is 10.1. The number of aryl methyl sites for hydroxylation is 1. The van der Waals surface area contributed by atoms with Crippen LogP contribution in [0.5, 0.6) is 0 Å². The highest BCUT2D eigenvalue weighted by molar-refractivity contribution is 5.38. The number of rotatable bonds is 7. The molecular weight excluding hydrogens is 360 g/mol. The second kappa shape index (κ2) is 9.11. The van der Waals surface area contributed by atoms with Crippen LogP contribution in [-0.4, -0.2) is 64.9 Å². The zero-order valence-electron chi connectivity index (χ0n) is 17.3. The zero-order chi connectivity index (χ0) is 20.3. The second-order valence-electron chi connectivity index (χ2n) is 7.61. The molecule has 1 aromatic heterocycles. The van der Waals surface area contributed by atoms with Crippen LogP contribution in [0.2, 0.25) is 0 Å². The van der Waals surface area contributed by atoms with Crippen molar-refractivity contribution < 1.29 is 8.78 Å². The first-order chi connectivity index (χ1) is 13.4. The largest absolute Gasteiger partial charge is 0.311 e. The monoisotopic (exact) mass is 391 g/mol. The number of piperazine rings is 1. The highest BCUT2D eigenvalue weighted by Crippen LogP contribution is 2.20. The molecule has 0 aliphatic carbocycles. The molecule has 1 aliphatic rings. The lowest BCUT2D eigenvalue weighted by Gasteiger charge is -2.37. The summed E-state index contributed by atoms with van der Waals surface area (Å²) >= 11 is 0. The van der Waals surface area contributed by atoms with Crippen molar-refractivity contribution in [1.82, 2.24) is 24.9 Å². The Morgan fingerprint density at radius 1 is 1.14 bits per heavy atom. The third-order valence-corrected chi connectivity index (χ3v) is 5.80. The van der Waals surface area contributed by atoms with E-state index in [0.29, 0.717) is 12.6 Å². The highest BCUT2D eigenvalue weighted by Gasteiger charge is 2.20. The average molecular weight is 392 g/mol. The maximum absolute atomic E-state index is 14.1. The summed E-state index contributed by atoms with van der Waals surface area (Å²) in [5.74, 6) is -1.19. The molecule has 1 N–H and O–H groups in total. The van der Waals surface area contributed by atoms with Crippen molar-refractivity contribution in [2.24, 2.45) is 0 Å². The molecule has 2 heterocycles. The predicted molar refractivity (Wildman–Crippen MR) is 108 cm³/mol. The highest BCUT2D eigenvalue weighted by atomic mass is 19.1. The predicted octanol–water partition coefficient (Wildman–Crippen LogP) is 2.88. The Labute approximate surface area is 166 Å². The van der Waals surface area contributed by atoms with Gasteiger partial charge in [0.15, 0.2) is 5.82 Å². The summed E-state index contributed by atoms with van der Waals surface area (Å²) < 4.78 is 28.9. The number of benzene rings is 1. The van der Waals surface area contributed by atoms with E-state index < -0.39 is 11.6 Å². The van der Waals surface area contributed by atoms with E-state index in [-0.39, 0.29) is 5.69 Å². The molecule has 7 heteroatoms. The van der Waals surface area contributed by atoms with Gasteiger partial charge in [-0.15, -0.1) is 0 Å². The van der Waals surface area contributed by atoms with Crippen molar-refractivity contribution in [2.45, 2.75) is 40.3 Å². The van der Waals surface area contributed by atoms with Crippen LogP contribution in [0.15, 0.2) is 18.2 Å². The molecule has 0 unspecified atom stereocenters. The number of hydrogen-bond acceptors (Lipinski definition) is 4. The number of nitrogens with zero attached hydrogens (tertiary/aromatic N) is 4. The van der Waals surface area contributed by atoms with Crippen molar-refractivity contribution in [1.29, 1.82) is 0 Å². The minimum atomic E-state index is -0.607. The summed E-state index contributed by atoms with van der Waals surface area (Å²) in [5, 5.41) is 8.01. The maximum atomic E-state index is 14.1. The molecule has 0 bridgehead atoms. The summed E-state index contributed by atoms with van der Waals surface area (Å²) in [5.41, 5.74) is 3.07. The van der Waals surface area contributed by atoms with Crippen LogP contribution in [0.25, 0.3) is 5.69 Å². The molecule has 1 aromatic carbocycles. The summed E-state index contributed by atoms with van der Waals surface area (Å²) in [6.45, 7) is 15.5. The summed E-state index contributed by atoms with van der Waals surface area (Å²) in [6, 6.07) is 4.04. The average Bonchev–Trinajstić information content (AvgIpc) is 2.96. The van der Waals surface area contributed by atoms with Gasteiger partial charge in [-0.2, -0.15) is 5.10 Å². The van der Waals surface area contributed by atoms with E-state index >= 15 is 0 Å². The molecule has 5 nitrogen and oxygen atoms in total. The number of hydrogen-bond donors (Lipinski definition) is 1. The Hall–Kier alpha value is -1.83. The lowest BCUT2D eigenvalue weighted by atomic mass is 10.1. The van der Waals surface area contributed by atoms with Gasteiger partial charge in [0.25, 0.3) is 0 Å². The van der Waals surface area contributed by atoms with Gasteiger partial charge >= 0.3 is 0 Å². The smallest absolute Gasteiger partial charge is 0.151 e. The fraction of sp³-hybridized carbons (Fsp3) is 0.571. The molecule has 0 radical (unpaired) electrons. The molecule has 2 aromatic rings. The van der Waals surface area contributed by atoms with Crippen LogP contribution in [0.4, 0.5) is 8.78 Å². The Kier molecular flexibility index (Phi) is 6.80. The summed E-state index contributed by atoms with van der Waals surface area (Å²) in [7, 11) is 0. The molecule has 28 heavy (non-hydrogen) atoms. The van der Waals surface area contributed by atoms with Crippen LogP contribution in [0, 0.1) is 25.5 Å². The van der Waals surface area contributed by atoms with Crippen LogP contribution >= 0.6 is 0 Å². The second-order valence-corrected chi connectivity index (χ2v) is 7.61. The molecule has 3 rings (SSSR count). The number of likely N-dealkylation sites (N-methyl/N-ethyl adjacent to an activating group) is 1. The lowest BCUT2D eigenvalue weighted by Crippen LogP contribution is -2.51. The van der Waals surface area contributed by atoms with Crippen molar-refractivity contribution in [3.8, 4) is 5.69 Å². The van der Waals surface area contributed by atoms with Gasteiger partial charge in [-0.25, -0.2) is 13.5 Å². The zero-order valence-corrected chi connectivity index (χ0v) is 17.3. The van der Waals surface area contributed by atoms with E-state index in [1.54, 1.807) is 4.68 Å². The maximum Gasteiger partial charge on any atom is 0.151 e. The Bertz CT molecular complexity index is 796. The summed E-state index contributed by atoms with van der Waals surface area (Å²) in [4.78, 5) is 5.00. The Balaban J connectivity index is 1.60. The van der Waals surface area contributed by atoms with Crippen molar-refractivity contribution in [3.63, 3.8) is 0 Å². The fourth-order valence-electron chi connectivity index (χ4n) is 3.87. The van der Waals surface area contributed by atoms with E-state index in [0.717, 1.165) is 62.3 Å². The van der Waals surface area contributed by atoms with Crippen LogP contribution in [0.1, 0.15) is 30.8 Å². The van der Waals surface area contributed by atoms with Crippen molar-refractivity contribution >= 4 is 0 Å². The van der Waals surface area contributed by atoms with E-state index in [4.69, 9.17) is 0 Å². The Morgan fingerprint density at radius 3 is 2.50 bits per heavy atom. The van der Waals surface area contributed by atoms with Crippen LogP contribution < -0.4 is 5.32 Å². The van der Waals surface area contributed by atoms with Gasteiger partial charge < -0.3 is 10.2 Å². The third-order valence-electron chi connectivity index (χ3n) is 5.80. The van der Waals surface area contributed by atoms with Gasteiger partial charge in [-0.1, -0.05) is 6.92 Å². The molecule has 1 fully saturated rings. The molecule has 1 saturated heterocycles. The number of halogens is 2. The van der Waals surface area contributed by atoms with E-state index in [1.807, 2.05) is 13.8 Å². The minimum absolute atomic E-state index is 0.274. The Morgan fingerprint density at radius 2 is 1.86 bits per heavy atom. The minimum Gasteiger partial charge on any atom is -0.311 e. The molecule has 1 atom stereocenters. The van der Waals surface area contributed by atoms with Crippen molar-refractivity contribution in [3.05, 3.63) is 46.8 Å². The number of aromatic nitrogens is 2. The van der Waals surface area contributed by atoms with Gasteiger partial charge in [0.05, 0.1) is 5.69 Å². The molecular formula is C21H31F2N5. The van der Waals surface area contributed by atoms with E-state index in [1.165, 1.54) is 12.1 Å². The molecule has 0 saturated carbocycles. The van der Waals surface area contributed by atoms with Crippen LogP contribution in [-0.2, 0) is 6.54 Å². The topological polar surface area (TPSA) is 36.3 Å². The van der Waals surface area contributed by atoms with Crippen LogP contribution in [0.3, 0.4) is 0 Å². The summed E-state index contributed by atoms with van der Waals surface area (Å²) in [6.07, 6.45) is 0. The van der Waals surface area contributed by atoms with Gasteiger partial charge in [0.2, 0.25) is 0 Å². The van der Waals surface area contributed by atoms with E-state index in [2.05, 4.69) is 34.1 Å². The quantitative estimate of drug-likeness (QED) is 0.787. The van der Waals surface area contributed by atoms with Gasteiger partial charge in [0.1, 0.15) is 11.5 Å². The molecule has 0 spiro atoms. The number of nitrogens with one attached hydrogen (secondary N) is 1. The SMILES string of the molecule is CCN1CCN([C@H](C)CNCc2c(C)nn(-c3ccc(F)cc3F)c2C)CC1. The molecule has 154 valence electrons. The fourth-order valence-corrected chi connectivity index (χ4v) is 3.87. The first-order valence-electron chi connectivity index (χ1n) is 10.1. The standard InChI is InChI=1S/C21H31F2N5/c1-5-26-8-10-27(11-9-26)15(2)13-24-14-19-16(3)25-28(17(19)4)21-7-6-18(22)12-20(21)23/h6-7,12,15,24H,5,8-11,13-14H2,1-4H3/t15-/m1/s1. The molecule has 1 aliphatic heterocycles. The lowest BCUT2D eigenvalue weighted by molar-refractivity contribution is 0.105. The normalized spacial score (nSPS) is 17.2. The van der Waals surface area contributed by atoms with Crippen molar-refractivity contribution in [2.75, 3.05) is 39.3 Å². The van der Waals surface area contributed by atoms with Gasteiger partial charge in [-0.05, 0) is 39.4 Å². The third kappa shape index (κ3) is 4.59. The van der Waals surface area contributed by atoms with E-state index in [9.17, 15) is 8.78 Å². The molecule has 0 amide bonds. The van der Waals surface area contributed by atoms with Gasteiger partial charge in [0, 0.05) is 62.6 Å². The van der Waals surface area contributed by atoms with Gasteiger partial charge in [-0.3, -0.25) is 4.90 Å².